The third kappa shape index (κ3) is 3.13. The zero-order valence-corrected chi connectivity index (χ0v) is 17.4. The highest BCUT2D eigenvalue weighted by Gasteiger charge is 2.58. The van der Waals surface area contributed by atoms with Gasteiger partial charge in [-0.2, -0.15) is 0 Å². The van der Waals surface area contributed by atoms with Crippen molar-refractivity contribution >= 4 is 34.8 Å². The molecule has 1 saturated heterocycles. The number of ether oxygens (including phenoxy) is 3. The Hall–Kier alpha value is -3.26. The number of carbonyl (C=O) groups excluding carboxylic acids is 2. The molecule has 1 unspecified atom stereocenters. The summed E-state index contributed by atoms with van der Waals surface area (Å²) in [6, 6.07) is 10.0. The largest absolute Gasteiger partial charge is 0.495 e. The molecular formula is C21H19ClN2O6. The van der Waals surface area contributed by atoms with E-state index in [2.05, 4.69) is 5.16 Å². The van der Waals surface area contributed by atoms with Crippen LogP contribution in [0.25, 0.3) is 0 Å². The molecule has 0 N–H and O–H groups in total. The van der Waals surface area contributed by atoms with E-state index in [1.165, 1.54) is 20.3 Å². The Balaban J connectivity index is 1.63. The molecule has 0 saturated carbocycles. The number of methoxy groups -OCH3 is 3. The van der Waals surface area contributed by atoms with Crippen LogP contribution in [-0.2, 0) is 14.4 Å². The van der Waals surface area contributed by atoms with Gasteiger partial charge in [0, 0.05) is 17.0 Å². The minimum atomic E-state index is -1.40. The standard InChI is InChI=1S/C21H19ClN2O6/c1-27-16-7-5-13(22)9-15(16)24-19(25)11-21(20(24)26)10-14(23-30-21)12-4-6-17(28-2)18(8-12)29-3/h4-9H,10-11H2,1-3H3. The predicted molar refractivity (Wildman–Crippen MR) is 110 cm³/mol. The van der Waals surface area contributed by atoms with E-state index in [0.717, 1.165) is 4.90 Å². The van der Waals surface area contributed by atoms with Gasteiger partial charge in [0.2, 0.25) is 11.5 Å². The summed E-state index contributed by atoms with van der Waals surface area (Å²) in [5.41, 5.74) is 0.132. The number of amides is 2. The van der Waals surface area contributed by atoms with Crippen LogP contribution in [0, 0.1) is 0 Å². The first-order valence-corrected chi connectivity index (χ1v) is 9.48. The maximum absolute atomic E-state index is 13.3. The van der Waals surface area contributed by atoms with Crippen LogP contribution in [0.15, 0.2) is 41.6 Å². The van der Waals surface area contributed by atoms with Crippen LogP contribution >= 0.6 is 11.6 Å². The molecule has 2 aromatic rings. The molecule has 2 amide bonds. The van der Waals surface area contributed by atoms with Crippen molar-refractivity contribution in [2.45, 2.75) is 18.4 Å². The minimum absolute atomic E-state index is 0.137. The van der Waals surface area contributed by atoms with Crippen LogP contribution < -0.4 is 19.1 Å². The average molecular weight is 431 g/mol. The van der Waals surface area contributed by atoms with Crippen molar-refractivity contribution in [3.63, 3.8) is 0 Å². The third-order valence-corrected chi connectivity index (χ3v) is 5.40. The van der Waals surface area contributed by atoms with Gasteiger partial charge < -0.3 is 19.0 Å². The van der Waals surface area contributed by atoms with Gasteiger partial charge >= 0.3 is 0 Å². The maximum Gasteiger partial charge on any atom is 0.281 e. The fourth-order valence-electron chi connectivity index (χ4n) is 3.66. The lowest BCUT2D eigenvalue weighted by Crippen LogP contribution is -2.41. The Morgan fingerprint density at radius 1 is 0.967 bits per heavy atom. The zero-order chi connectivity index (χ0) is 21.5. The van der Waals surface area contributed by atoms with Gasteiger partial charge in [-0.1, -0.05) is 16.8 Å². The Bertz CT molecular complexity index is 1070. The Kier molecular flexibility index (Phi) is 5.03. The maximum atomic E-state index is 13.3. The molecule has 1 fully saturated rings. The summed E-state index contributed by atoms with van der Waals surface area (Å²) in [6.07, 6.45) is 0.00816. The Labute approximate surface area is 177 Å². The first-order chi connectivity index (χ1) is 14.4. The van der Waals surface area contributed by atoms with E-state index < -0.39 is 17.4 Å². The predicted octanol–water partition coefficient (Wildman–Crippen LogP) is 3.19. The monoisotopic (exact) mass is 430 g/mol. The lowest BCUT2D eigenvalue weighted by molar-refractivity contribution is -0.136. The van der Waals surface area contributed by atoms with E-state index in [-0.39, 0.29) is 18.5 Å². The molecule has 9 heteroatoms. The van der Waals surface area contributed by atoms with Crippen LogP contribution in [0.1, 0.15) is 18.4 Å². The fraction of sp³-hybridized carbons (Fsp3) is 0.286. The molecule has 8 nitrogen and oxygen atoms in total. The number of imide groups is 1. The molecule has 1 atom stereocenters. The number of benzene rings is 2. The topological polar surface area (TPSA) is 86.7 Å². The molecule has 0 radical (unpaired) electrons. The lowest BCUT2D eigenvalue weighted by Gasteiger charge is -2.21. The molecule has 0 aliphatic carbocycles. The van der Waals surface area contributed by atoms with Gasteiger partial charge in [-0.05, 0) is 36.4 Å². The number of rotatable bonds is 5. The highest BCUT2D eigenvalue weighted by atomic mass is 35.5. The van der Waals surface area contributed by atoms with Crippen molar-refractivity contribution in [2.24, 2.45) is 5.16 Å². The molecule has 2 aliphatic rings. The summed E-state index contributed by atoms with van der Waals surface area (Å²) in [5.74, 6) is 0.536. The van der Waals surface area contributed by atoms with Crippen molar-refractivity contribution in [2.75, 3.05) is 26.2 Å². The highest BCUT2D eigenvalue weighted by Crippen LogP contribution is 2.43. The molecule has 2 aliphatic heterocycles. The van der Waals surface area contributed by atoms with Gasteiger partial charge in [0.1, 0.15) is 5.75 Å². The molecule has 30 heavy (non-hydrogen) atoms. The van der Waals surface area contributed by atoms with Gasteiger partial charge in [0.15, 0.2) is 11.5 Å². The average Bonchev–Trinajstić information content (AvgIpc) is 3.28. The van der Waals surface area contributed by atoms with E-state index in [1.807, 2.05) is 0 Å². The summed E-state index contributed by atoms with van der Waals surface area (Å²) in [7, 11) is 4.54. The van der Waals surface area contributed by atoms with Crippen molar-refractivity contribution in [1.29, 1.82) is 0 Å². The normalized spacial score (nSPS) is 20.4. The summed E-state index contributed by atoms with van der Waals surface area (Å²) >= 11 is 6.07. The quantitative estimate of drug-likeness (QED) is 0.677. The number of hydrogen-bond donors (Lipinski definition) is 0. The number of carbonyl (C=O) groups is 2. The van der Waals surface area contributed by atoms with Crippen LogP contribution in [0.3, 0.4) is 0 Å². The van der Waals surface area contributed by atoms with Crippen molar-refractivity contribution in [1.82, 2.24) is 0 Å². The third-order valence-electron chi connectivity index (χ3n) is 5.16. The van der Waals surface area contributed by atoms with Crippen LogP contribution in [0.4, 0.5) is 5.69 Å². The lowest BCUT2D eigenvalue weighted by atomic mass is 9.92. The van der Waals surface area contributed by atoms with Crippen LogP contribution in [-0.4, -0.2) is 44.5 Å². The van der Waals surface area contributed by atoms with E-state index >= 15 is 0 Å². The Morgan fingerprint density at radius 3 is 2.37 bits per heavy atom. The minimum Gasteiger partial charge on any atom is -0.495 e. The number of anilines is 1. The summed E-state index contributed by atoms with van der Waals surface area (Å²) in [4.78, 5) is 32.7. The zero-order valence-electron chi connectivity index (χ0n) is 16.6. The van der Waals surface area contributed by atoms with E-state index in [1.54, 1.807) is 37.4 Å². The number of oxime groups is 1. The molecule has 0 aromatic heterocycles. The summed E-state index contributed by atoms with van der Waals surface area (Å²) in [6.45, 7) is 0. The van der Waals surface area contributed by atoms with Crippen molar-refractivity contribution < 1.29 is 28.6 Å². The molecule has 4 rings (SSSR count). The van der Waals surface area contributed by atoms with E-state index in [0.29, 0.717) is 33.5 Å². The van der Waals surface area contributed by atoms with Gasteiger partial charge in [0.25, 0.3) is 5.91 Å². The smallest absolute Gasteiger partial charge is 0.281 e. The van der Waals surface area contributed by atoms with Gasteiger partial charge in [0.05, 0.1) is 39.1 Å². The van der Waals surface area contributed by atoms with Crippen LogP contribution in [0.2, 0.25) is 5.02 Å². The molecule has 2 heterocycles. The van der Waals surface area contributed by atoms with Gasteiger partial charge in [-0.3, -0.25) is 9.59 Å². The van der Waals surface area contributed by atoms with Gasteiger partial charge in [-0.15, -0.1) is 0 Å². The molecule has 2 aromatic carbocycles. The van der Waals surface area contributed by atoms with Gasteiger partial charge in [-0.25, -0.2) is 4.90 Å². The summed E-state index contributed by atoms with van der Waals surface area (Å²) in [5, 5.41) is 4.49. The molecule has 0 bridgehead atoms. The van der Waals surface area contributed by atoms with Crippen LogP contribution in [0.5, 0.6) is 17.2 Å². The first kappa shape index (κ1) is 20.0. The Morgan fingerprint density at radius 2 is 1.67 bits per heavy atom. The van der Waals surface area contributed by atoms with E-state index in [9.17, 15) is 9.59 Å². The second-order valence-electron chi connectivity index (χ2n) is 6.90. The first-order valence-electron chi connectivity index (χ1n) is 9.11. The number of halogens is 1. The fourth-order valence-corrected chi connectivity index (χ4v) is 3.82. The molecular weight excluding hydrogens is 412 g/mol. The van der Waals surface area contributed by atoms with Crippen molar-refractivity contribution in [3.8, 4) is 17.2 Å². The SMILES string of the molecule is COc1ccc(C2=NOC3(CC(=O)N(c4cc(Cl)ccc4OC)C3=O)C2)cc1OC. The van der Waals surface area contributed by atoms with Crippen molar-refractivity contribution in [3.05, 3.63) is 47.0 Å². The number of nitrogens with zero attached hydrogens (tertiary/aromatic N) is 2. The summed E-state index contributed by atoms with van der Waals surface area (Å²) < 4.78 is 15.9. The molecule has 1 spiro atoms. The second-order valence-corrected chi connectivity index (χ2v) is 7.33. The second kappa shape index (κ2) is 7.53. The highest BCUT2D eigenvalue weighted by molar-refractivity contribution is 6.32. The van der Waals surface area contributed by atoms with E-state index in [4.69, 9.17) is 30.6 Å². The molecule has 156 valence electrons. The number of hydrogen-bond acceptors (Lipinski definition) is 7.